The van der Waals surface area contributed by atoms with Crippen LogP contribution in [0.2, 0.25) is 0 Å². The predicted molar refractivity (Wildman–Crippen MR) is 112 cm³/mol. The fourth-order valence-electron chi connectivity index (χ4n) is 3.65. The molecule has 0 atom stereocenters. The molecule has 1 aliphatic carbocycles. The van der Waals surface area contributed by atoms with Crippen molar-refractivity contribution in [2.75, 3.05) is 17.2 Å². The molecule has 0 aromatic heterocycles. The van der Waals surface area contributed by atoms with Crippen molar-refractivity contribution in [1.82, 2.24) is 0 Å². The lowest BCUT2D eigenvalue weighted by Crippen LogP contribution is -2.25. The summed E-state index contributed by atoms with van der Waals surface area (Å²) in [4.78, 5) is 24.6. The van der Waals surface area contributed by atoms with Crippen molar-refractivity contribution in [2.24, 2.45) is 5.92 Å². The molecule has 3 rings (SSSR count). The maximum atomic E-state index is 12.4. The van der Waals surface area contributed by atoms with Gasteiger partial charge in [0.2, 0.25) is 5.91 Å². The van der Waals surface area contributed by atoms with E-state index >= 15 is 0 Å². The van der Waals surface area contributed by atoms with Gasteiger partial charge in [-0.05, 0) is 68.1 Å². The molecule has 0 saturated heterocycles. The minimum absolute atomic E-state index is 0.0679. The smallest absolute Gasteiger partial charge is 0.262 e. The molecule has 1 saturated carbocycles. The SMILES string of the molecule is Cc1cc(C)cc(OCC(=O)Nc2cccc(NC(=O)C3CCCCC3)c2)c1. The summed E-state index contributed by atoms with van der Waals surface area (Å²) in [5.74, 6) is 0.607. The highest BCUT2D eigenvalue weighted by molar-refractivity contribution is 5.95. The van der Waals surface area contributed by atoms with Gasteiger partial charge < -0.3 is 15.4 Å². The summed E-state index contributed by atoms with van der Waals surface area (Å²) in [6, 6.07) is 13.1. The largest absolute Gasteiger partial charge is 0.484 e. The number of anilines is 2. The zero-order chi connectivity index (χ0) is 19.9. The number of aryl methyl sites for hydroxylation is 2. The Hall–Kier alpha value is -2.82. The predicted octanol–water partition coefficient (Wildman–Crippen LogP) is 4.84. The highest BCUT2D eigenvalue weighted by Gasteiger charge is 2.21. The highest BCUT2D eigenvalue weighted by Crippen LogP contribution is 2.25. The van der Waals surface area contributed by atoms with Gasteiger partial charge in [0.15, 0.2) is 6.61 Å². The molecule has 1 fully saturated rings. The van der Waals surface area contributed by atoms with Crippen LogP contribution in [0, 0.1) is 19.8 Å². The van der Waals surface area contributed by atoms with Crippen molar-refractivity contribution in [1.29, 1.82) is 0 Å². The van der Waals surface area contributed by atoms with Gasteiger partial charge in [0, 0.05) is 17.3 Å². The van der Waals surface area contributed by atoms with Gasteiger partial charge in [-0.3, -0.25) is 9.59 Å². The molecule has 5 nitrogen and oxygen atoms in total. The average Bonchev–Trinajstić information content (AvgIpc) is 2.67. The fraction of sp³-hybridized carbons (Fsp3) is 0.391. The summed E-state index contributed by atoms with van der Waals surface area (Å²) < 4.78 is 5.59. The Morgan fingerprint density at radius 1 is 0.929 bits per heavy atom. The van der Waals surface area contributed by atoms with Crippen LogP contribution in [0.25, 0.3) is 0 Å². The number of benzene rings is 2. The Bertz CT molecular complexity index is 821. The second-order valence-electron chi connectivity index (χ2n) is 7.57. The van der Waals surface area contributed by atoms with Crippen LogP contribution in [0.5, 0.6) is 5.75 Å². The maximum absolute atomic E-state index is 12.4. The minimum Gasteiger partial charge on any atom is -0.484 e. The summed E-state index contributed by atoms with van der Waals surface area (Å²) in [5, 5.41) is 5.79. The van der Waals surface area contributed by atoms with E-state index in [0.717, 1.165) is 36.8 Å². The maximum Gasteiger partial charge on any atom is 0.262 e. The number of hydrogen-bond acceptors (Lipinski definition) is 3. The van der Waals surface area contributed by atoms with Gasteiger partial charge >= 0.3 is 0 Å². The van der Waals surface area contributed by atoms with Crippen molar-refractivity contribution in [3.05, 3.63) is 53.6 Å². The first-order valence-electron chi connectivity index (χ1n) is 9.91. The van der Waals surface area contributed by atoms with Crippen LogP contribution in [-0.4, -0.2) is 18.4 Å². The Morgan fingerprint density at radius 2 is 1.57 bits per heavy atom. The number of rotatable bonds is 6. The van der Waals surface area contributed by atoms with Crippen molar-refractivity contribution in [3.8, 4) is 5.75 Å². The van der Waals surface area contributed by atoms with E-state index in [4.69, 9.17) is 4.74 Å². The van der Waals surface area contributed by atoms with E-state index in [9.17, 15) is 9.59 Å². The molecule has 1 aliphatic rings. The van der Waals surface area contributed by atoms with Crippen molar-refractivity contribution < 1.29 is 14.3 Å². The molecular weight excluding hydrogens is 352 g/mol. The van der Waals surface area contributed by atoms with Crippen LogP contribution in [0.15, 0.2) is 42.5 Å². The van der Waals surface area contributed by atoms with Crippen molar-refractivity contribution in [3.63, 3.8) is 0 Å². The molecule has 0 radical (unpaired) electrons. The van der Waals surface area contributed by atoms with Gasteiger partial charge in [-0.2, -0.15) is 0 Å². The molecule has 2 amide bonds. The van der Waals surface area contributed by atoms with Crippen LogP contribution in [-0.2, 0) is 9.59 Å². The van der Waals surface area contributed by atoms with Crippen LogP contribution in [0.4, 0.5) is 11.4 Å². The molecule has 2 aromatic rings. The molecule has 0 aliphatic heterocycles. The van der Waals surface area contributed by atoms with E-state index in [-0.39, 0.29) is 24.3 Å². The molecule has 28 heavy (non-hydrogen) atoms. The van der Waals surface area contributed by atoms with Crippen LogP contribution >= 0.6 is 0 Å². The van der Waals surface area contributed by atoms with Crippen LogP contribution in [0.3, 0.4) is 0 Å². The third-order valence-electron chi connectivity index (χ3n) is 4.95. The monoisotopic (exact) mass is 380 g/mol. The number of carbonyl (C=O) groups excluding carboxylic acids is 2. The van der Waals surface area contributed by atoms with Gasteiger partial charge in [0.05, 0.1) is 0 Å². The second kappa shape index (κ2) is 9.40. The van der Waals surface area contributed by atoms with Gasteiger partial charge in [0.1, 0.15) is 5.75 Å². The van der Waals surface area contributed by atoms with Gasteiger partial charge in [-0.15, -0.1) is 0 Å². The van der Waals surface area contributed by atoms with Crippen molar-refractivity contribution >= 4 is 23.2 Å². The Morgan fingerprint density at radius 3 is 2.25 bits per heavy atom. The molecular formula is C23H28N2O3. The molecule has 2 aromatic carbocycles. The highest BCUT2D eigenvalue weighted by atomic mass is 16.5. The van der Waals surface area contributed by atoms with Gasteiger partial charge in [-0.25, -0.2) is 0 Å². The lowest BCUT2D eigenvalue weighted by molar-refractivity contribution is -0.120. The molecule has 5 heteroatoms. The summed E-state index contributed by atoms with van der Waals surface area (Å²) in [5.41, 5.74) is 3.52. The normalized spacial score (nSPS) is 14.4. The number of amides is 2. The summed E-state index contributed by atoms with van der Waals surface area (Å²) in [7, 11) is 0. The third-order valence-corrected chi connectivity index (χ3v) is 4.95. The van der Waals surface area contributed by atoms with Crippen molar-refractivity contribution in [2.45, 2.75) is 46.0 Å². The second-order valence-corrected chi connectivity index (χ2v) is 7.57. The average molecular weight is 380 g/mol. The Kier molecular flexibility index (Phi) is 6.69. The van der Waals surface area contributed by atoms with Crippen LogP contribution < -0.4 is 15.4 Å². The van der Waals surface area contributed by atoms with E-state index in [1.54, 1.807) is 12.1 Å². The number of carbonyl (C=O) groups is 2. The number of ether oxygens (including phenoxy) is 1. The zero-order valence-corrected chi connectivity index (χ0v) is 16.6. The van der Waals surface area contributed by atoms with E-state index in [1.807, 2.05) is 38.1 Å². The number of hydrogen-bond donors (Lipinski definition) is 2. The van der Waals surface area contributed by atoms with E-state index in [1.165, 1.54) is 6.42 Å². The zero-order valence-electron chi connectivity index (χ0n) is 16.6. The summed E-state index contributed by atoms with van der Waals surface area (Å²) in [6.45, 7) is 3.92. The van der Waals surface area contributed by atoms with E-state index in [0.29, 0.717) is 17.1 Å². The molecule has 0 heterocycles. The fourth-order valence-corrected chi connectivity index (χ4v) is 3.65. The minimum atomic E-state index is -0.241. The van der Waals surface area contributed by atoms with Gasteiger partial charge in [0.25, 0.3) is 5.91 Å². The molecule has 0 spiro atoms. The topological polar surface area (TPSA) is 67.4 Å². The lowest BCUT2D eigenvalue weighted by Gasteiger charge is -2.20. The summed E-state index contributed by atoms with van der Waals surface area (Å²) >= 11 is 0. The molecule has 0 bridgehead atoms. The van der Waals surface area contributed by atoms with Gasteiger partial charge in [-0.1, -0.05) is 31.4 Å². The molecule has 148 valence electrons. The van der Waals surface area contributed by atoms with E-state index < -0.39 is 0 Å². The first-order valence-corrected chi connectivity index (χ1v) is 9.91. The lowest BCUT2D eigenvalue weighted by atomic mass is 9.88. The standard InChI is InChI=1S/C23H28N2O3/c1-16-11-17(2)13-21(12-16)28-15-22(26)24-19-9-6-10-20(14-19)25-23(27)18-7-4-3-5-8-18/h6,9-14,18H,3-5,7-8,15H2,1-2H3,(H,24,26)(H,25,27). The van der Waals surface area contributed by atoms with Crippen LogP contribution in [0.1, 0.15) is 43.2 Å². The Labute approximate surface area is 166 Å². The Balaban J connectivity index is 1.53. The molecule has 0 unspecified atom stereocenters. The third kappa shape index (κ3) is 5.84. The first kappa shape index (κ1) is 19.9. The number of nitrogens with one attached hydrogen (secondary N) is 2. The quantitative estimate of drug-likeness (QED) is 0.753. The first-order chi connectivity index (χ1) is 13.5. The van der Waals surface area contributed by atoms with E-state index in [2.05, 4.69) is 16.7 Å². The molecule has 2 N–H and O–H groups in total. The summed E-state index contributed by atoms with van der Waals surface area (Å²) in [6.07, 6.45) is 5.37.